The number of carbonyl (C=O) groups is 2. The quantitative estimate of drug-likeness (QED) is 0.827. The molecule has 1 aliphatic heterocycles. The zero-order valence-electron chi connectivity index (χ0n) is 16.2. The molecule has 154 valence electrons. The molecule has 0 aromatic heterocycles. The van der Waals surface area contributed by atoms with Crippen molar-refractivity contribution in [3.05, 3.63) is 65.2 Å². The van der Waals surface area contributed by atoms with Crippen molar-refractivity contribution >= 4 is 17.6 Å². The molecule has 1 atom stereocenters. The summed E-state index contributed by atoms with van der Waals surface area (Å²) in [6, 6.07) is 11.7. The SMILES string of the molecule is CC1c2ccccc2CCN1C(=O)CN(C)C(=O)Nc1ccccc1C(F)(F)F. The highest BCUT2D eigenvalue weighted by atomic mass is 19.4. The van der Waals surface area contributed by atoms with Gasteiger partial charge in [0.2, 0.25) is 5.91 Å². The Morgan fingerprint density at radius 2 is 1.79 bits per heavy atom. The lowest BCUT2D eigenvalue weighted by Gasteiger charge is -2.36. The first-order valence-electron chi connectivity index (χ1n) is 9.24. The predicted molar refractivity (Wildman–Crippen MR) is 103 cm³/mol. The van der Waals surface area contributed by atoms with Crippen molar-refractivity contribution in [1.29, 1.82) is 0 Å². The molecule has 1 unspecified atom stereocenters. The van der Waals surface area contributed by atoms with E-state index in [9.17, 15) is 22.8 Å². The molecule has 2 aromatic rings. The van der Waals surface area contributed by atoms with Crippen LogP contribution in [0.3, 0.4) is 0 Å². The normalized spacial score (nSPS) is 16.2. The van der Waals surface area contributed by atoms with E-state index in [1.165, 1.54) is 30.8 Å². The smallest absolute Gasteiger partial charge is 0.334 e. The summed E-state index contributed by atoms with van der Waals surface area (Å²) in [7, 11) is 1.38. The fraction of sp³-hybridized carbons (Fsp3) is 0.333. The highest BCUT2D eigenvalue weighted by Crippen LogP contribution is 2.34. The Labute approximate surface area is 167 Å². The van der Waals surface area contributed by atoms with Gasteiger partial charge in [-0.1, -0.05) is 36.4 Å². The minimum atomic E-state index is -4.59. The number of carbonyl (C=O) groups excluding carboxylic acids is 2. The molecule has 3 amide bonds. The van der Waals surface area contributed by atoms with E-state index in [1.54, 1.807) is 4.90 Å². The van der Waals surface area contributed by atoms with Gasteiger partial charge in [0.15, 0.2) is 0 Å². The van der Waals surface area contributed by atoms with Gasteiger partial charge in [-0.05, 0) is 36.6 Å². The van der Waals surface area contributed by atoms with E-state index in [0.29, 0.717) is 6.54 Å². The number of urea groups is 1. The van der Waals surface area contributed by atoms with Gasteiger partial charge in [-0.15, -0.1) is 0 Å². The number of benzene rings is 2. The van der Waals surface area contributed by atoms with Gasteiger partial charge in [0.1, 0.15) is 6.54 Å². The van der Waals surface area contributed by atoms with E-state index in [4.69, 9.17) is 0 Å². The number of amides is 3. The molecule has 0 saturated carbocycles. The van der Waals surface area contributed by atoms with E-state index in [0.717, 1.165) is 23.0 Å². The third-order valence-corrected chi connectivity index (χ3v) is 5.11. The Morgan fingerprint density at radius 1 is 1.14 bits per heavy atom. The molecule has 3 rings (SSSR count). The number of para-hydroxylation sites is 1. The predicted octanol–water partition coefficient (Wildman–Crippen LogP) is 4.32. The topological polar surface area (TPSA) is 52.7 Å². The summed E-state index contributed by atoms with van der Waals surface area (Å²) in [5, 5.41) is 2.25. The first-order chi connectivity index (χ1) is 13.7. The molecular weight excluding hydrogens is 383 g/mol. The third-order valence-electron chi connectivity index (χ3n) is 5.11. The van der Waals surface area contributed by atoms with Crippen molar-refractivity contribution in [3.8, 4) is 0 Å². The van der Waals surface area contributed by atoms with Crippen LogP contribution in [0.25, 0.3) is 0 Å². The zero-order chi connectivity index (χ0) is 21.2. The van der Waals surface area contributed by atoms with Crippen molar-refractivity contribution in [1.82, 2.24) is 9.80 Å². The number of likely N-dealkylation sites (N-methyl/N-ethyl adjacent to an activating group) is 1. The number of hydrogen-bond donors (Lipinski definition) is 1. The zero-order valence-corrected chi connectivity index (χ0v) is 16.2. The van der Waals surface area contributed by atoms with Crippen LogP contribution in [-0.2, 0) is 17.4 Å². The molecule has 1 heterocycles. The lowest BCUT2D eigenvalue weighted by molar-refractivity contribution is -0.137. The molecule has 0 saturated heterocycles. The molecule has 8 heteroatoms. The number of hydrogen-bond acceptors (Lipinski definition) is 2. The Kier molecular flexibility index (Phi) is 5.81. The lowest BCUT2D eigenvalue weighted by atomic mass is 9.93. The molecular formula is C21H22F3N3O2. The summed E-state index contributed by atoms with van der Waals surface area (Å²) in [5.41, 5.74) is 0.983. The number of anilines is 1. The molecule has 1 N–H and O–H groups in total. The first-order valence-corrected chi connectivity index (χ1v) is 9.24. The number of nitrogens with zero attached hydrogens (tertiary/aromatic N) is 2. The molecule has 0 bridgehead atoms. The van der Waals surface area contributed by atoms with Crippen LogP contribution in [-0.4, -0.2) is 41.9 Å². The molecule has 1 aliphatic rings. The van der Waals surface area contributed by atoms with Gasteiger partial charge in [0, 0.05) is 13.6 Å². The average Bonchev–Trinajstić information content (AvgIpc) is 2.68. The summed E-state index contributed by atoms with van der Waals surface area (Å²) in [6.07, 6.45) is -3.87. The summed E-state index contributed by atoms with van der Waals surface area (Å²) in [5.74, 6) is -0.256. The van der Waals surface area contributed by atoms with Gasteiger partial charge in [-0.2, -0.15) is 13.2 Å². The van der Waals surface area contributed by atoms with Crippen molar-refractivity contribution < 1.29 is 22.8 Å². The van der Waals surface area contributed by atoms with Crippen LogP contribution in [0.4, 0.5) is 23.7 Å². The Hall–Kier alpha value is -3.03. The molecule has 0 aliphatic carbocycles. The second-order valence-corrected chi connectivity index (χ2v) is 7.04. The van der Waals surface area contributed by atoms with Gasteiger partial charge >= 0.3 is 12.2 Å². The average molecular weight is 405 g/mol. The third kappa shape index (κ3) is 4.52. The van der Waals surface area contributed by atoms with E-state index in [2.05, 4.69) is 5.32 Å². The van der Waals surface area contributed by atoms with Crippen LogP contribution in [0.5, 0.6) is 0 Å². The Balaban J connectivity index is 1.66. The van der Waals surface area contributed by atoms with Crippen LogP contribution >= 0.6 is 0 Å². The van der Waals surface area contributed by atoms with E-state index >= 15 is 0 Å². The van der Waals surface area contributed by atoms with E-state index < -0.39 is 17.8 Å². The number of rotatable bonds is 3. The van der Waals surface area contributed by atoms with Crippen molar-refractivity contribution in [2.75, 3.05) is 25.5 Å². The van der Waals surface area contributed by atoms with Gasteiger partial charge in [0.25, 0.3) is 0 Å². The lowest BCUT2D eigenvalue weighted by Crippen LogP contribution is -2.45. The standard InChI is InChI=1S/C21H22F3N3O2/c1-14-16-8-4-3-7-15(16)11-12-27(14)19(28)13-26(2)20(29)25-18-10-6-5-9-17(18)21(22,23)24/h3-10,14H,11-13H2,1-2H3,(H,25,29). The molecule has 0 fully saturated rings. The maximum Gasteiger partial charge on any atom is 0.418 e. The van der Waals surface area contributed by atoms with Gasteiger partial charge < -0.3 is 15.1 Å². The summed E-state index contributed by atoms with van der Waals surface area (Å²) in [6.45, 7) is 2.23. The number of halogens is 3. The molecule has 2 aromatic carbocycles. The van der Waals surface area contributed by atoms with Gasteiger partial charge in [-0.3, -0.25) is 4.79 Å². The number of nitrogens with one attached hydrogen (secondary N) is 1. The van der Waals surface area contributed by atoms with Crippen LogP contribution in [0.15, 0.2) is 48.5 Å². The van der Waals surface area contributed by atoms with E-state index in [1.807, 2.05) is 31.2 Å². The van der Waals surface area contributed by atoms with Crippen LogP contribution < -0.4 is 5.32 Å². The van der Waals surface area contributed by atoms with Gasteiger partial charge in [-0.25, -0.2) is 4.79 Å². The number of fused-ring (bicyclic) bond motifs is 1. The number of alkyl halides is 3. The maximum atomic E-state index is 13.1. The molecule has 0 radical (unpaired) electrons. The largest absolute Gasteiger partial charge is 0.418 e. The van der Waals surface area contributed by atoms with Crippen molar-refractivity contribution in [2.45, 2.75) is 25.6 Å². The fourth-order valence-electron chi connectivity index (χ4n) is 3.53. The first kappa shape index (κ1) is 20.7. The Bertz CT molecular complexity index is 914. The monoisotopic (exact) mass is 405 g/mol. The second kappa shape index (κ2) is 8.14. The summed E-state index contributed by atoms with van der Waals surface area (Å²) >= 11 is 0. The van der Waals surface area contributed by atoms with Crippen LogP contribution in [0.2, 0.25) is 0 Å². The van der Waals surface area contributed by atoms with Crippen LogP contribution in [0, 0.1) is 0 Å². The molecule has 5 nitrogen and oxygen atoms in total. The summed E-state index contributed by atoms with van der Waals surface area (Å²) in [4.78, 5) is 27.9. The molecule has 0 spiro atoms. The fourth-order valence-corrected chi connectivity index (χ4v) is 3.53. The van der Waals surface area contributed by atoms with Crippen molar-refractivity contribution in [3.63, 3.8) is 0 Å². The van der Waals surface area contributed by atoms with Crippen molar-refractivity contribution in [2.24, 2.45) is 0 Å². The van der Waals surface area contributed by atoms with Crippen LogP contribution in [0.1, 0.15) is 29.7 Å². The van der Waals surface area contributed by atoms with E-state index in [-0.39, 0.29) is 24.2 Å². The maximum absolute atomic E-state index is 13.1. The second-order valence-electron chi connectivity index (χ2n) is 7.04. The Morgan fingerprint density at radius 3 is 2.52 bits per heavy atom. The minimum Gasteiger partial charge on any atom is -0.334 e. The highest BCUT2D eigenvalue weighted by Gasteiger charge is 2.34. The van der Waals surface area contributed by atoms with Gasteiger partial charge in [0.05, 0.1) is 17.3 Å². The molecule has 29 heavy (non-hydrogen) atoms. The highest BCUT2D eigenvalue weighted by molar-refractivity contribution is 5.93. The minimum absolute atomic E-state index is 0.130. The summed E-state index contributed by atoms with van der Waals surface area (Å²) < 4.78 is 39.3.